The molecule has 0 atom stereocenters. The molecule has 0 aliphatic heterocycles. The van der Waals surface area contributed by atoms with Gasteiger partial charge in [0.1, 0.15) is 11.3 Å². The summed E-state index contributed by atoms with van der Waals surface area (Å²) in [6.07, 6.45) is 2.43. The summed E-state index contributed by atoms with van der Waals surface area (Å²) in [5, 5.41) is 0. The molecular weight excluding hydrogens is 315 g/mol. The third kappa shape index (κ3) is 4.73. The van der Waals surface area contributed by atoms with Gasteiger partial charge in [-0.3, -0.25) is 4.79 Å². The Morgan fingerprint density at radius 3 is 2.44 bits per heavy atom. The van der Waals surface area contributed by atoms with E-state index in [0.29, 0.717) is 24.0 Å². The molecule has 0 saturated carbocycles. The molecule has 0 bridgehead atoms. The fraction of sp³-hybridized carbons (Fsp3) is 0.143. The van der Waals surface area contributed by atoms with Gasteiger partial charge in [0.25, 0.3) is 0 Å². The number of benzene rings is 2. The lowest BCUT2D eigenvalue weighted by molar-refractivity contribution is -0.118. The summed E-state index contributed by atoms with van der Waals surface area (Å²) in [7, 11) is 0. The highest BCUT2D eigenvalue weighted by molar-refractivity contribution is 5.77. The summed E-state index contributed by atoms with van der Waals surface area (Å²) < 4.78 is 15.6. The minimum atomic E-state index is -0.283. The van der Waals surface area contributed by atoms with E-state index in [4.69, 9.17) is 0 Å². The molecule has 0 radical (unpaired) electrons. The summed E-state index contributed by atoms with van der Waals surface area (Å²) in [6.45, 7) is 0.640. The smallest absolute Gasteiger partial charge is 0.247 e. The van der Waals surface area contributed by atoms with Gasteiger partial charge < -0.3 is 4.57 Å². The third-order valence-corrected chi connectivity index (χ3v) is 3.92. The Bertz CT molecular complexity index is 916. The average Bonchev–Trinajstić information content (AvgIpc) is 2.64. The first-order valence-corrected chi connectivity index (χ1v) is 8.23. The Morgan fingerprint density at radius 1 is 0.920 bits per heavy atom. The summed E-state index contributed by atoms with van der Waals surface area (Å²) in [4.78, 5) is 16.4. The number of halogens is 1. The van der Waals surface area contributed by atoms with Crippen LogP contribution in [0.3, 0.4) is 0 Å². The van der Waals surface area contributed by atoms with Gasteiger partial charge in [-0.2, -0.15) is 4.99 Å². The number of pyridine rings is 1. The molecule has 0 unspecified atom stereocenters. The number of rotatable bonds is 5. The van der Waals surface area contributed by atoms with Crippen LogP contribution in [-0.2, 0) is 17.8 Å². The molecular formula is C21H19FN2O. The molecule has 126 valence electrons. The van der Waals surface area contributed by atoms with Gasteiger partial charge in [-0.1, -0.05) is 54.6 Å². The molecule has 0 saturated heterocycles. The molecule has 0 aliphatic rings. The minimum Gasteiger partial charge on any atom is -0.329 e. The number of nitrogens with zero attached hydrogens (tertiary/aromatic N) is 2. The van der Waals surface area contributed by atoms with Crippen molar-refractivity contribution < 1.29 is 9.18 Å². The molecule has 1 aromatic heterocycles. The summed E-state index contributed by atoms with van der Waals surface area (Å²) in [5.41, 5.74) is 2.27. The number of aromatic nitrogens is 1. The van der Waals surface area contributed by atoms with E-state index in [0.717, 1.165) is 5.56 Å². The first-order chi connectivity index (χ1) is 12.2. The molecule has 0 spiro atoms. The van der Waals surface area contributed by atoms with Crippen molar-refractivity contribution in [2.24, 2.45) is 4.99 Å². The van der Waals surface area contributed by atoms with Gasteiger partial charge >= 0.3 is 0 Å². The van der Waals surface area contributed by atoms with E-state index in [-0.39, 0.29) is 18.1 Å². The highest BCUT2D eigenvalue weighted by Crippen LogP contribution is 2.09. The fourth-order valence-corrected chi connectivity index (χ4v) is 2.61. The average molecular weight is 334 g/mol. The second-order valence-corrected chi connectivity index (χ2v) is 5.77. The maximum absolute atomic E-state index is 13.6. The van der Waals surface area contributed by atoms with E-state index < -0.39 is 0 Å². The Morgan fingerprint density at radius 2 is 1.64 bits per heavy atom. The van der Waals surface area contributed by atoms with Crippen molar-refractivity contribution in [3.05, 3.63) is 101 Å². The van der Waals surface area contributed by atoms with Crippen LogP contribution in [0.2, 0.25) is 0 Å². The number of hydrogen-bond acceptors (Lipinski definition) is 1. The highest BCUT2D eigenvalue weighted by atomic mass is 19.1. The van der Waals surface area contributed by atoms with Crippen molar-refractivity contribution in [1.82, 2.24) is 4.57 Å². The van der Waals surface area contributed by atoms with Crippen LogP contribution < -0.4 is 5.49 Å². The van der Waals surface area contributed by atoms with Crippen LogP contribution in [0, 0.1) is 5.82 Å². The highest BCUT2D eigenvalue weighted by Gasteiger charge is 2.05. The number of carbonyl (C=O) groups excluding carboxylic acids is 1. The number of aryl methyl sites for hydroxylation is 1. The maximum Gasteiger partial charge on any atom is 0.247 e. The predicted octanol–water partition coefficient (Wildman–Crippen LogP) is 3.74. The molecule has 0 fully saturated rings. The number of carbonyl (C=O) groups is 1. The van der Waals surface area contributed by atoms with Crippen molar-refractivity contribution >= 4 is 5.91 Å². The molecule has 1 amide bonds. The van der Waals surface area contributed by atoms with Gasteiger partial charge in [0.2, 0.25) is 5.91 Å². The molecule has 3 rings (SSSR count). The van der Waals surface area contributed by atoms with E-state index >= 15 is 0 Å². The topological polar surface area (TPSA) is 34.4 Å². The van der Waals surface area contributed by atoms with Crippen molar-refractivity contribution in [2.75, 3.05) is 0 Å². The second kappa shape index (κ2) is 8.20. The van der Waals surface area contributed by atoms with Crippen LogP contribution in [0.4, 0.5) is 4.39 Å². The molecule has 0 aliphatic carbocycles. The Hall–Kier alpha value is -3.01. The lowest BCUT2D eigenvalue weighted by atomic mass is 10.1. The van der Waals surface area contributed by atoms with Crippen LogP contribution in [-0.4, -0.2) is 10.5 Å². The first-order valence-electron chi connectivity index (χ1n) is 8.23. The quantitative estimate of drug-likeness (QED) is 0.700. The van der Waals surface area contributed by atoms with Crippen molar-refractivity contribution in [3.63, 3.8) is 0 Å². The van der Waals surface area contributed by atoms with Gasteiger partial charge in [0, 0.05) is 19.2 Å². The van der Waals surface area contributed by atoms with Crippen LogP contribution >= 0.6 is 0 Å². The molecule has 0 N–H and O–H groups in total. The molecule has 3 nitrogen and oxygen atoms in total. The zero-order valence-electron chi connectivity index (χ0n) is 13.8. The number of amides is 1. The van der Waals surface area contributed by atoms with Crippen LogP contribution in [0.1, 0.15) is 17.5 Å². The van der Waals surface area contributed by atoms with E-state index in [2.05, 4.69) is 4.99 Å². The van der Waals surface area contributed by atoms with Crippen LogP contribution in [0.15, 0.2) is 84.0 Å². The second-order valence-electron chi connectivity index (χ2n) is 5.77. The van der Waals surface area contributed by atoms with E-state index in [1.807, 2.05) is 59.3 Å². The van der Waals surface area contributed by atoms with E-state index in [1.54, 1.807) is 18.2 Å². The zero-order valence-corrected chi connectivity index (χ0v) is 13.8. The zero-order chi connectivity index (χ0) is 17.5. The number of hydrogen-bond donors (Lipinski definition) is 0. The Labute approximate surface area is 146 Å². The summed E-state index contributed by atoms with van der Waals surface area (Å²) in [6, 6.07) is 22.1. The molecule has 25 heavy (non-hydrogen) atoms. The van der Waals surface area contributed by atoms with Gasteiger partial charge in [-0.05, 0) is 35.7 Å². The molecule has 1 heterocycles. The molecule has 3 aromatic rings. The monoisotopic (exact) mass is 334 g/mol. The lowest BCUT2D eigenvalue weighted by Gasteiger charge is -2.07. The van der Waals surface area contributed by atoms with E-state index in [1.165, 1.54) is 6.07 Å². The minimum absolute atomic E-state index is 0.182. The Kier molecular flexibility index (Phi) is 5.52. The largest absolute Gasteiger partial charge is 0.329 e. The van der Waals surface area contributed by atoms with Crippen molar-refractivity contribution in [2.45, 2.75) is 19.4 Å². The maximum atomic E-state index is 13.6. The first kappa shape index (κ1) is 16.8. The van der Waals surface area contributed by atoms with E-state index in [9.17, 15) is 9.18 Å². The Balaban J connectivity index is 1.74. The summed E-state index contributed by atoms with van der Waals surface area (Å²) >= 11 is 0. The van der Waals surface area contributed by atoms with Gasteiger partial charge in [-0.25, -0.2) is 4.39 Å². The fourth-order valence-electron chi connectivity index (χ4n) is 2.61. The normalized spacial score (nSPS) is 11.5. The standard InChI is InChI=1S/C21H19FN2O/c22-19-11-5-4-10-18(19)13-14-21(25)23-20-12-6-7-15-24(20)16-17-8-2-1-3-9-17/h1-12,15H,13-14,16H2. The third-order valence-electron chi connectivity index (χ3n) is 3.92. The van der Waals surface area contributed by atoms with Gasteiger partial charge in [-0.15, -0.1) is 0 Å². The SMILES string of the molecule is O=C(CCc1ccccc1F)N=c1ccccn1Cc1ccccc1. The summed E-state index contributed by atoms with van der Waals surface area (Å²) in [5.74, 6) is -0.537. The van der Waals surface area contributed by atoms with Gasteiger partial charge in [0.15, 0.2) is 0 Å². The van der Waals surface area contributed by atoms with Gasteiger partial charge in [0.05, 0.1) is 0 Å². The van der Waals surface area contributed by atoms with Crippen LogP contribution in [0.5, 0.6) is 0 Å². The van der Waals surface area contributed by atoms with Crippen molar-refractivity contribution in [1.29, 1.82) is 0 Å². The predicted molar refractivity (Wildman–Crippen MR) is 95.3 cm³/mol. The molecule has 4 heteroatoms. The molecule has 2 aromatic carbocycles. The van der Waals surface area contributed by atoms with Crippen LogP contribution in [0.25, 0.3) is 0 Å². The lowest BCUT2D eigenvalue weighted by Crippen LogP contribution is -2.22. The van der Waals surface area contributed by atoms with Crippen molar-refractivity contribution in [3.8, 4) is 0 Å².